The number of Topliss-reactive ketones (excluding diaryl/α,β-unsaturated/α-hetero) is 1. The van der Waals surface area contributed by atoms with Gasteiger partial charge in [0.1, 0.15) is 11.5 Å². The van der Waals surface area contributed by atoms with Crippen molar-refractivity contribution in [3.8, 4) is 11.5 Å². The number of para-hydroxylation sites is 2. The van der Waals surface area contributed by atoms with Crippen LogP contribution in [-0.4, -0.2) is 30.3 Å². The van der Waals surface area contributed by atoms with E-state index in [9.17, 15) is 14.4 Å². The van der Waals surface area contributed by atoms with E-state index in [1.807, 2.05) is 44.2 Å². The molecule has 0 bridgehead atoms. The van der Waals surface area contributed by atoms with Crippen LogP contribution in [0.25, 0.3) is 0 Å². The van der Waals surface area contributed by atoms with E-state index >= 15 is 0 Å². The summed E-state index contributed by atoms with van der Waals surface area (Å²) >= 11 is 0. The molecule has 2 N–H and O–H groups in total. The lowest BCUT2D eigenvalue weighted by Crippen LogP contribution is -2.32. The second kappa shape index (κ2) is 13.6. The zero-order valence-corrected chi connectivity index (χ0v) is 23.4. The highest BCUT2D eigenvalue weighted by Gasteiger charge is 2.21. The zero-order chi connectivity index (χ0) is 28.4. The Labute approximate surface area is 230 Å². The molecule has 3 rings (SSSR count). The number of ether oxygens (including phenoxy) is 2. The number of nitrogens with one attached hydrogen (secondary N) is 2. The van der Waals surface area contributed by atoms with Crippen LogP contribution in [0.15, 0.2) is 72.8 Å². The monoisotopic (exact) mass is 530 g/mol. The van der Waals surface area contributed by atoms with E-state index in [2.05, 4.69) is 31.4 Å². The summed E-state index contributed by atoms with van der Waals surface area (Å²) < 4.78 is 11.5. The highest BCUT2D eigenvalue weighted by atomic mass is 16.5. The quantitative estimate of drug-likeness (QED) is 0.188. The fourth-order valence-corrected chi connectivity index (χ4v) is 3.93. The van der Waals surface area contributed by atoms with E-state index in [-0.39, 0.29) is 23.5 Å². The smallest absolute Gasteiger partial charge is 0.265 e. The number of ketones is 1. The molecule has 0 aliphatic rings. The minimum absolute atomic E-state index is 0.0758. The van der Waals surface area contributed by atoms with Gasteiger partial charge in [0, 0.05) is 11.3 Å². The maximum absolute atomic E-state index is 12.9. The first-order valence-corrected chi connectivity index (χ1v) is 13.4. The lowest BCUT2D eigenvalue weighted by Gasteiger charge is -2.24. The minimum atomic E-state index is -0.667. The molecule has 0 unspecified atom stereocenters. The van der Waals surface area contributed by atoms with Crippen LogP contribution in [0, 0.1) is 0 Å². The Hall–Kier alpha value is -4.13. The first-order valence-electron chi connectivity index (χ1n) is 13.4. The number of carbonyl (C=O) groups is 3. The van der Waals surface area contributed by atoms with Crippen LogP contribution in [-0.2, 0) is 15.0 Å². The molecule has 0 saturated carbocycles. The molecule has 7 nitrogen and oxygen atoms in total. The highest BCUT2D eigenvalue weighted by Crippen LogP contribution is 2.28. The fourth-order valence-electron chi connectivity index (χ4n) is 3.93. The van der Waals surface area contributed by atoms with E-state index < -0.39 is 12.0 Å². The normalized spacial score (nSPS) is 11.8. The van der Waals surface area contributed by atoms with Crippen molar-refractivity contribution in [2.24, 2.45) is 0 Å². The molecular formula is C32H38N2O5. The van der Waals surface area contributed by atoms with Gasteiger partial charge >= 0.3 is 0 Å². The van der Waals surface area contributed by atoms with Crippen LogP contribution in [0.1, 0.15) is 69.8 Å². The molecule has 206 valence electrons. The van der Waals surface area contributed by atoms with E-state index in [4.69, 9.17) is 9.47 Å². The number of benzene rings is 3. The SMILES string of the molecule is CCOc1ccccc1NC(=O)CC(=O)c1ccc(NC(=O)[C@@H](CC)Oc2ccc(C(C)(C)CC)cc2)cc1. The highest BCUT2D eigenvalue weighted by molar-refractivity contribution is 6.11. The minimum Gasteiger partial charge on any atom is -0.492 e. The molecule has 0 spiro atoms. The van der Waals surface area contributed by atoms with Crippen LogP contribution in [0.4, 0.5) is 11.4 Å². The maximum atomic E-state index is 12.9. The molecule has 0 saturated heterocycles. The van der Waals surface area contributed by atoms with Gasteiger partial charge in [0.2, 0.25) is 5.91 Å². The first kappa shape index (κ1) is 29.4. The number of anilines is 2. The second-order valence-electron chi connectivity index (χ2n) is 9.92. The van der Waals surface area contributed by atoms with E-state index in [1.54, 1.807) is 42.5 Å². The van der Waals surface area contributed by atoms with Gasteiger partial charge in [-0.05, 0) is 79.3 Å². The van der Waals surface area contributed by atoms with Crippen molar-refractivity contribution >= 4 is 29.0 Å². The van der Waals surface area contributed by atoms with Crippen molar-refractivity contribution in [1.29, 1.82) is 0 Å². The summed E-state index contributed by atoms with van der Waals surface area (Å²) in [5, 5.41) is 5.58. The largest absolute Gasteiger partial charge is 0.492 e. The third-order valence-corrected chi connectivity index (χ3v) is 6.72. The molecule has 0 fully saturated rings. The number of carbonyl (C=O) groups excluding carboxylic acids is 3. The summed E-state index contributed by atoms with van der Waals surface area (Å²) in [4.78, 5) is 38.0. The maximum Gasteiger partial charge on any atom is 0.265 e. The average molecular weight is 531 g/mol. The molecule has 2 amide bonds. The summed E-state index contributed by atoms with van der Waals surface area (Å²) in [6.07, 6.45) is 0.533. The van der Waals surface area contributed by atoms with Crippen LogP contribution in [0.3, 0.4) is 0 Å². The molecule has 3 aromatic rings. The molecule has 0 heterocycles. The predicted molar refractivity (Wildman–Crippen MR) is 155 cm³/mol. The first-order chi connectivity index (χ1) is 18.7. The summed E-state index contributed by atoms with van der Waals surface area (Å²) in [6, 6.07) is 21.4. The Balaban J connectivity index is 1.56. The molecule has 3 aromatic carbocycles. The fraction of sp³-hybridized carbons (Fsp3) is 0.344. The summed E-state index contributed by atoms with van der Waals surface area (Å²) in [5.41, 5.74) is 2.72. The number of hydrogen-bond acceptors (Lipinski definition) is 5. The van der Waals surface area contributed by atoms with Crippen LogP contribution < -0.4 is 20.1 Å². The Morgan fingerprint density at radius 3 is 2.13 bits per heavy atom. The van der Waals surface area contributed by atoms with Gasteiger partial charge in [0.25, 0.3) is 5.91 Å². The van der Waals surface area contributed by atoms with Gasteiger partial charge in [-0.2, -0.15) is 0 Å². The van der Waals surface area contributed by atoms with Gasteiger partial charge in [0.05, 0.1) is 18.7 Å². The molecule has 0 aliphatic carbocycles. The summed E-state index contributed by atoms with van der Waals surface area (Å²) in [5.74, 6) is 0.146. The molecular weight excluding hydrogens is 492 g/mol. The van der Waals surface area contributed by atoms with E-state index in [0.717, 1.165) is 6.42 Å². The molecule has 7 heteroatoms. The van der Waals surface area contributed by atoms with E-state index in [1.165, 1.54) is 5.56 Å². The lowest BCUT2D eigenvalue weighted by atomic mass is 9.82. The van der Waals surface area contributed by atoms with Crippen molar-refractivity contribution in [3.63, 3.8) is 0 Å². The van der Waals surface area contributed by atoms with Crippen molar-refractivity contribution < 1.29 is 23.9 Å². The van der Waals surface area contributed by atoms with Gasteiger partial charge in [-0.3, -0.25) is 14.4 Å². The lowest BCUT2D eigenvalue weighted by molar-refractivity contribution is -0.122. The summed E-state index contributed by atoms with van der Waals surface area (Å²) in [6.45, 7) is 10.8. The van der Waals surface area contributed by atoms with Crippen molar-refractivity contribution in [2.75, 3.05) is 17.2 Å². The topological polar surface area (TPSA) is 93.7 Å². The molecule has 1 atom stereocenters. The van der Waals surface area contributed by atoms with Gasteiger partial charge < -0.3 is 20.1 Å². The number of hydrogen-bond donors (Lipinski definition) is 2. The van der Waals surface area contributed by atoms with Crippen LogP contribution in [0.5, 0.6) is 11.5 Å². The molecule has 39 heavy (non-hydrogen) atoms. The van der Waals surface area contributed by atoms with Gasteiger partial charge in [-0.1, -0.05) is 52.0 Å². The Morgan fingerprint density at radius 1 is 0.846 bits per heavy atom. The molecule has 0 aromatic heterocycles. The Bertz CT molecular complexity index is 1270. The number of amides is 2. The van der Waals surface area contributed by atoms with Crippen molar-refractivity contribution in [3.05, 3.63) is 83.9 Å². The third kappa shape index (κ3) is 8.18. The second-order valence-corrected chi connectivity index (χ2v) is 9.92. The van der Waals surface area contributed by atoms with E-state index in [0.29, 0.717) is 41.5 Å². The Kier molecular flexibility index (Phi) is 10.3. The van der Waals surface area contributed by atoms with Gasteiger partial charge in [-0.15, -0.1) is 0 Å². The van der Waals surface area contributed by atoms with Crippen molar-refractivity contribution in [1.82, 2.24) is 0 Å². The van der Waals surface area contributed by atoms with Crippen molar-refractivity contribution in [2.45, 2.75) is 65.4 Å². The van der Waals surface area contributed by atoms with Gasteiger partial charge in [-0.25, -0.2) is 0 Å². The average Bonchev–Trinajstić information content (AvgIpc) is 2.93. The van der Waals surface area contributed by atoms with Gasteiger partial charge in [0.15, 0.2) is 11.9 Å². The predicted octanol–water partition coefficient (Wildman–Crippen LogP) is 6.78. The summed E-state index contributed by atoms with van der Waals surface area (Å²) in [7, 11) is 0. The van der Waals surface area contributed by atoms with Crippen LogP contribution >= 0.6 is 0 Å². The molecule has 0 aliphatic heterocycles. The zero-order valence-electron chi connectivity index (χ0n) is 23.4. The third-order valence-electron chi connectivity index (χ3n) is 6.72. The van der Waals surface area contributed by atoms with Crippen LogP contribution in [0.2, 0.25) is 0 Å². The molecule has 0 radical (unpaired) electrons. The standard InChI is InChI=1S/C32H38N2O5/c1-6-28(39-25-19-15-23(16-20-25)32(4,5)7-2)31(37)33-24-17-13-22(14-18-24)27(35)21-30(36)34-26-11-9-10-12-29(26)38-8-3/h9-20,28H,6-8,21H2,1-5H3,(H,33,37)(H,34,36)/t28-/m1/s1. The number of rotatable bonds is 13. The Morgan fingerprint density at radius 2 is 1.51 bits per heavy atom.